The molecule has 1 saturated heterocycles. The summed E-state index contributed by atoms with van der Waals surface area (Å²) >= 11 is 1.59. The standard InChI is InChI=1S/C22H25NO3S/c1-15-3-4-16(2)20(13-15)27-14-21(25)23-11-9-18(10-12-23)22(26)17-5-7-19(24)8-6-17/h3-8,13,18,24H,9-12,14H2,1-2H3. The maximum Gasteiger partial charge on any atom is 0.232 e. The van der Waals surface area contributed by atoms with Gasteiger partial charge in [-0.15, -0.1) is 11.8 Å². The normalized spacial score (nSPS) is 15.0. The molecule has 1 fully saturated rings. The van der Waals surface area contributed by atoms with Gasteiger partial charge in [0.25, 0.3) is 0 Å². The molecule has 4 nitrogen and oxygen atoms in total. The molecule has 142 valence electrons. The number of hydrogen-bond acceptors (Lipinski definition) is 4. The van der Waals surface area contributed by atoms with E-state index in [1.807, 2.05) is 4.90 Å². The predicted octanol–water partition coefficient (Wildman–Crippen LogP) is 4.22. The van der Waals surface area contributed by atoms with Crippen LogP contribution in [0.3, 0.4) is 0 Å². The van der Waals surface area contributed by atoms with Gasteiger partial charge in [-0.3, -0.25) is 9.59 Å². The average molecular weight is 384 g/mol. The smallest absolute Gasteiger partial charge is 0.232 e. The van der Waals surface area contributed by atoms with Crippen LogP contribution in [-0.4, -0.2) is 40.5 Å². The molecule has 1 N–H and O–H groups in total. The van der Waals surface area contributed by atoms with Crippen LogP contribution in [0.25, 0.3) is 0 Å². The number of rotatable bonds is 5. The molecule has 5 heteroatoms. The van der Waals surface area contributed by atoms with Gasteiger partial charge in [-0.2, -0.15) is 0 Å². The third-order valence-electron chi connectivity index (χ3n) is 5.07. The Hall–Kier alpha value is -2.27. The van der Waals surface area contributed by atoms with Crippen molar-refractivity contribution in [2.24, 2.45) is 5.92 Å². The lowest BCUT2D eigenvalue weighted by Crippen LogP contribution is -2.41. The first kappa shape index (κ1) is 19.5. The predicted molar refractivity (Wildman–Crippen MR) is 108 cm³/mol. The van der Waals surface area contributed by atoms with E-state index < -0.39 is 0 Å². The van der Waals surface area contributed by atoms with Crippen LogP contribution in [0.4, 0.5) is 0 Å². The fourth-order valence-electron chi connectivity index (χ4n) is 3.35. The summed E-state index contributed by atoms with van der Waals surface area (Å²) in [4.78, 5) is 28.1. The van der Waals surface area contributed by atoms with E-state index in [9.17, 15) is 14.7 Å². The van der Waals surface area contributed by atoms with E-state index in [4.69, 9.17) is 0 Å². The van der Waals surface area contributed by atoms with Crippen LogP contribution in [0.1, 0.15) is 34.3 Å². The van der Waals surface area contributed by atoms with Gasteiger partial charge >= 0.3 is 0 Å². The molecule has 0 radical (unpaired) electrons. The molecule has 2 aromatic rings. The number of carbonyl (C=O) groups is 2. The maximum atomic E-state index is 12.6. The molecule has 0 aliphatic carbocycles. The molecule has 27 heavy (non-hydrogen) atoms. The van der Waals surface area contributed by atoms with Gasteiger partial charge in [-0.05, 0) is 62.6 Å². The maximum absolute atomic E-state index is 12.6. The summed E-state index contributed by atoms with van der Waals surface area (Å²) in [5.74, 6) is 0.780. The summed E-state index contributed by atoms with van der Waals surface area (Å²) < 4.78 is 0. The van der Waals surface area contributed by atoms with E-state index >= 15 is 0 Å². The fraction of sp³-hybridized carbons (Fsp3) is 0.364. The Morgan fingerprint density at radius 2 is 1.74 bits per heavy atom. The summed E-state index contributed by atoms with van der Waals surface area (Å²) in [6.07, 6.45) is 1.39. The highest BCUT2D eigenvalue weighted by atomic mass is 32.2. The van der Waals surface area contributed by atoms with Crippen LogP contribution in [0.15, 0.2) is 47.4 Å². The first-order valence-corrected chi connectivity index (χ1v) is 10.2. The van der Waals surface area contributed by atoms with Gasteiger partial charge in [-0.25, -0.2) is 0 Å². The molecule has 0 saturated carbocycles. The van der Waals surface area contributed by atoms with Crippen molar-refractivity contribution < 1.29 is 14.7 Å². The topological polar surface area (TPSA) is 57.6 Å². The largest absolute Gasteiger partial charge is 0.508 e. The van der Waals surface area contributed by atoms with Crippen molar-refractivity contribution in [3.8, 4) is 5.75 Å². The van der Waals surface area contributed by atoms with Crippen LogP contribution < -0.4 is 0 Å². The highest BCUT2D eigenvalue weighted by Gasteiger charge is 2.27. The Morgan fingerprint density at radius 1 is 1.07 bits per heavy atom. The number of phenolic OH excluding ortho intramolecular Hbond substituents is 1. The molecular formula is C22H25NO3S. The number of thioether (sulfide) groups is 1. The van der Waals surface area contributed by atoms with Crippen molar-refractivity contribution >= 4 is 23.5 Å². The third-order valence-corrected chi connectivity index (χ3v) is 6.21. The van der Waals surface area contributed by atoms with Gasteiger partial charge in [0.2, 0.25) is 5.91 Å². The minimum atomic E-state index is -0.0507. The second-order valence-electron chi connectivity index (χ2n) is 7.12. The molecule has 0 unspecified atom stereocenters. The van der Waals surface area contributed by atoms with Crippen LogP contribution >= 0.6 is 11.8 Å². The molecule has 0 atom stereocenters. The van der Waals surface area contributed by atoms with Gasteiger partial charge in [-0.1, -0.05) is 17.7 Å². The number of nitrogens with zero attached hydrogens (tertiary/aromatic N) is 1. The Labute approximate surface area is 164 Å². The Morgan fingerprint density at radius 3 is 2.41 bits per heavy atom. The lowest BCUT2D eigenvalue weighted by atomic mass is 9.89. The van der Waals surface area contributed by atoms with Crippen molar-refractivity contribution in [3.05, 3.63) is 59.2 Å². The van der Waals surface area contributed by atoms with E-state index in [1.54, 1.807) is 23.9 Å². The highest BCUT2D eigenvalue weighted by Crippen LogP contribution is 2.26. The van der Waals surface area contributed by atoms with Gasteiger partial charge in [0.1, 0.15) is 5.75 Å². The van der Waals surface area contributed by atoms with E-state index in [-0.39, 0.29) is 23.4 Å². The van der Waals surface area contributed by atoms with Crippen molar-refractivity contribution in [3.63, 3.8) is 0 Å². The monoisotopic (exact) mass is 383 g/mol. The first-order valence-electron chi connectivity index (χ1n) is 9.25. The minimum absolute atomic E-state index is 0.0507. The molecule has 3 rings (SSSR count). The molecule has 0 bridgehead atoms. The number of benzene rings is 2. The van der Waals surface area contributed by atoms with Gasteiger partial charge in [0, 0.05) is 29.5 Å². The number of aromatic hydroxyl groups is 1. The van der Waals surface area contributed by atoms with Gasteiger partial charge in [0.15, 0.2) is 5.78 Å². The zero-order chi connectivity index (χ0) is 19.4. The summed E-state index contributed by atoms with van der Waals surface area (Å²) in [5.41, 5.74) is 3.02. The number of likely N-dealkylation sites (tertiary alicyclic amines) is 1. The van der Waals surface area contributed by atoms with Crippen molar-refractivity contribution in [2.45, 2.75) is 31.6 Å². The Bertz CT molecular complexity index is 824. The van der Waals surface area contributed by atoms with E-state index in [1.165, 1.54) is 23.3 Å². The fourth-order valence-corrected chi connectivity index (χ4v) is 4.37. The minimum Gasteiger partial charge on any atom is -0.508 e. The lowest BCUT2D eigenvalue weighted by molar-refractivity contribution is -0.129. The zero-order valence-corrected chi connectivity index (χ0v) is 16.6. The molecule has 2 aromatic carbocycles. The number of phenols is 1. The lowest BCUT2D eigenvalue weighted by Gasteiger charge is -2.31. The van der Waals surface area contributed by atoms with E-state index in [0.717, 1.165) is 4.90 Å². The van der Waals surface area contributed by atoms with Crippen LogP contribution in [0.5, 0.6) is 5.75 Å². The summed E-state index contributed by atoms with van der Waals surface area (Å²) in [6, 6.07) is 12.7. The van der Waals surface area contributed by atoms with Gasteiger partial charge in [0.05, 0.1) is 5.75 Å². The van der Waals surface area contributed by atoms with Crippen LogP contribution in [0.2, 0.25) is 0 Å². The van der Waals surface area contributed by atoms with Crippen LogP contribution in [-0.2, 0) is 4.79 Å². The summed E-state index contributed by atoms with van der Waals surface area (Å²) in [7, 11) is 0. The number of amides is 1. The molecule has 1 amide bonds. The summed E-state index contributed by atoms with van der Waals surface area (Å²) in [6.45, 7) is 5.37. The SMILES string of the molecule is Cc1ccc(C)c(SCC(=O)N2CCC(C(=O)c3ccc(O)cc3)CC2)c1. The molecule has 0 aromatic heterocycles. The molecular weight excluding hydrogens is 358 g/mol. The third kappa shape index (κ3) is 4.92. The van der Waals surface area contributed by atoms with Crippen molar-refractivity contribution in [1.29, 1.82) is 0 Å². The second-order valence-corrected chi connectivity index (χ2v) is 8.14. The van der Waals surface area contributed by atoms with Crippen molar-refractivity contribution in [1.82, 2.24) is 4.90 Å². The summed E-state index contributed by atoms with van der Waals surface area (Å²) in [5, 5.41) is 9.35. The van der Waals surface area contributed by atoms with Crippen molar-refractivity contribution in [2.75, 3.05) is 18.8 Å². The number of carbonyl (C=O) groups excluding carboxylic acids is 2. The molecule has 0 spiro atoms. The van der Waals surface area contributed by atoms with E-state index in [2.05, 4.69) is 32.0 Å². The Kier molecular flexibility index (Phi) is 6.22. The molecule has 1 aliphatic rings. The van der Waals surface area contributed by atoms with Crippen LogP contribution in [0, 0.1) is 19.8 Å². The first-order chi connectivity index (χ1) is 12.9. The molecule has 1 heterocycles. The number of ketones is 1. The average Bonchev–Trinajstić information content (AvgIpc) is 2.68. The highest BCUT2D eigenvalue weighted by molar-refractivity contribution is 8.00. The number of aryl methyl sites for hydroxylation is 2. The Balaban J connectivity index is 1.51. The van der Waals surface area contributed by atoms with E-state index in [0.29, 0.717) is 37.2 Å². The second kappa shape index (κ2) is 8.61. The number of Topliss-reactive ketones (excluding diaryl/α,β-unsaturated/α-hetero) is 1. The van der Waals surface area contributed by atoms with Gasteiger partial charge < -0.3 is 10.0 Å². The number of hydrogen-bond donors (Lipinski definition) is 1. The number of piperidine rings is 1. The molecule has 1 aliphatic heterocycles. The quantitative estimate of drug-likeness (QED) is 0.620. The zero-order valence-electron chi connectivity index (χ0n) is 15.8.